The Labute approximate surface area is 122 Å². The van der Waals surface area contributed by atoms with Crippen molar-refractivity contribution in [3.8, 4) is 0 Å². The summed E-state index contributed by atoms with van der Waals surface area (Å²) in [4.78, 5) is 4.53. The fourth-order valence-corrected chi connectivity index (χ4v) is 3.69. The van der Waals surface area contributed by atoms with Gasteiger partial charge in [0.15, 0.2) is 10.2 Å². The van der Waals surface area contributed by atoms with Crippen LogP contribution in [0.1, 0.15) is 32.1 Å². The summed E-state index contributed by atoms with van der Waals surface area (Å²) in [5, 5.41) is 8.17. The molecule has 3 nitrogen and oxygen atoms in total. The van der Waals surface area contributed by atoms with Gasteiger partial charge < -0.3 is 10.6 Å². The van der Waals surface area contributed by atoms with Gasteiger partial charge in [0.25, 0.3) is 0 Å². The first kappa shape index (κ1) is 12.8. The third-order valence-electron chi connectivity index (χ3n) is 3.45. The Balaban J connectivity index is 1.62. The van der Waals surface area contributed by atoms with Crippen LogP contribution in [-0.2, 0) is 0 Å². The highest BCUT2D eigenvalue weighted by Gasteiger charge is 2.14. The van der Waals surface area contributed by atoms with Gasteiger partial charge in [-0.05, 0) is 37.2 Å². The van der Waals surface area contributed by atoms with Crippen LogP contribution >= 0.6 is 23.6 Å². The summed E-state index contributed by atoms with van der Waals surface area (Å²) in [6, 6.07) is 8.67. The van der Waals surface area contributed by atoms with Crippen molar-refractivity contribution in [1.82, 2.24) is 10.3 Å². The van der Waals surface area contributed by atoms with Crippen LogP contribution in [0.5, 0.6) is 0 Å². The fraction of sp³-hybridized carbons (Fsp3) is 0.429. The van der Waals surface area contributed by atoms with E-state index in [2.05, 4.69) is 21.7 Å². The fourth-order valence-electron chi connectivity index (χ4n) is 2.49. The molecule has 19 heavy (non-hydrogen) atoms. The smallest absolute Gasteiger partial charge is 0.190 e. The van der Waals surface area contributed by atoms with Crippen molar-refractivity contribution in [2.75, 3.05) is 5.32 Å². The zero-order valence-corrected chi connectivity index (χ0v) is 12.3. The lowest BCUT2D eigenvalue weighted by atomic mass is 9.96. The second-order valence-electron chi connectivity index (χ2n) is 4.92. The molecular formula is C14H17N3S2. The molecule has 0 saturated heterocycles. The highest BCUT2D eigenvalue weighted by atomic mass is 32.1. The highest BCUT2D eigenvalue weighted by molar-refractivity contribution is 7.80. The van der Waals surface area contributed by atoms with Crippen LogP contribution in [0.3, 0.4) is 0 Å². The first-order valence-electron chi connectivity index (χ1n) is 6.74. The lowest BCUT2D eigenvalue weighted by Crippen LogP contribution is -2.38. The molecule has 0 amide bonds. The standard InChI is InChI=1S/C14H17N3S2/c18-13(15-10-6-2-1-3-7-10)17-14-16-11-8-4-5-9-12(11)19-14/h4-5,8-10H,1-3,6-7H2,(H2,15,16,17,18). The molecule has 0 spiro atoms. The van der Waals surface area contributed by atoms with Crippen molar-refractivity contribution in [1.29, 1.82) is 0 Å². The van der Waals surface area contributed by atoms with Crippen LogP contribution in [-0.4, -0.2) is 16.1 Å². The molecule has 0 bridgehead atoms. The molecule has 1 aromatic carbocycles. The second-order valence-corrected chi connectivity index (χ2v) is 6.36. The molecule has 2 N–H and O–H groups in total. The quantitative estimate of drug-likeness (QED) is 0.823. The normalized spacial score (nSPS) is 16.4. The minimum atomic E-state index is 0.531. The van der Waals surface area contributed by atoms with Gasteiger partial charge in [0.2, 0.25) is 0 Å². The van der Waals surface area contributed by atoms with Crippen molar-refractivity contribution in [3.63, 3.8) is 0 Å². The molecule has 0 atom stereocenters. The number of nitrogens with one attached hydrogen (secondary N) is 2. The molecule has 1 heterocycles. The Morgan fingerprint density at radius 3 is 2.79 bits per heavy atom. The lowest BCUT2D eigenvalue weighted by Gasteiger charge is -2.23. The Bertz CT molecular complexity index is 540. The molecule has 2 aromatic rings. The maximum absolute atomic E-state index is 5.37. The number of nitrogens with zero attached hydrogens (tertiary/aromatic N) is 1. The first-order chi connectivity index (χ1) is 9.31. The van der Waals surface area contributed by atoms with Crippen molar-refractivity contribution < 1.29 is 0 Å². The van der Waals surface area contributed by atoms with E-state index in [1.807, 2.05) is 18.2 Å². The van der Waals surface area contributed by atoms with Crippen LogP contribution < -0.4 is 10.6 Å². The number of anilines is 1. The van der Waals surface area contributed by atoms with Crippen LogP contribution in [0.15, 0.2) is 24.3 Å². The van der Waals surface area contributed by atoms with Gasteiger partial charge in [-0.2, -0.15) is 0 Å². The number of benzene rings is 1. The number of rotatable bonds is 2. The minimum Gasteiger partial charge on any atom is -0.360 e. The van der Waals surface area contributed by atoms with E-state index in [9.17, 15) is 0 Å². The summed E-state index contributed by atoms with van der Waals surface area (Å²) in [6.45, 7) is 0. The molecule has 5 heteroatoms. The van der Waals surface area contributed by atoms with Gasteiger partial charge in [-0.25, -0.2) is 4.98 Å². The highest BCUT2D eigenvalue weighted by Crippen LogP contribution is 2.25. The van der Waals surface area contributed by atoms with E-state index in [1.165, 1.54) is 36.8 Å². The summed E-state index contributed by atoms with van der Waals surface area (Å²) in [7, 11) is 0. The zero-order chi connectivity index (χ0) is 13.1. The maximum Gasteiger partial charge on any atom is 0.190 e. The molecule has 1 fully saturated rings. The Kier molecular flexibility index (Phi) is 3.94. The molecule has 0 aliphatic heterocycles. The maximum atomic E-state index is 5.37. The van der Waals surface area contributed by atoms with E-state index in [0.29, 0.717) is 11.2 Å². The predicted octanol–water partition coefficient (Wildman–Crippen LogP) is 3.92. The zero-order valence-electron chi connectivity index (χ0n) is 10.7. The summed E-state index contributed by atoms with van der Waals surface area (Å²) in [6.07, 6.45) is 6.42. The lowest BCUT2D eigenvalue weighted by molar-refractivity contribution is 0.415. The summed E-state index contributed by atoms with van der Waals surface area (Å²) >= 11 is 7.00. The van der Waals surface area contributed by atoms with Gasteiger partial charge in [-0.1, -0.05) is 42.7 Å². The Morgan fingerprint density at radius 1 is 1.21 bits per heavy atom. The molecule has 3 rings (SSSR count). The number of hydrogen-bond donors (Lipinski definition) is 2. The second kappa shape index (κ2) is 5.84. The van der Waals surface area contributed by atoms with Crippen molar-refractivity contribution in [2.24, 2.45) is 0 Å². The van der Waals surface area contributed by atoms with Gasteiger partial charge in [0.05, 0.1) is 10.2 Å². The Morgan fingerprint density at radius 2 is 2.00 bits per heavy atom. The molecule has 0 unspecified atom stereocenters. The predicted molar refractivity (Wildman–Crippen MR) is 85.8 cm³/mol. The van der Waals surface area contributed by atoms with E-state index in [4.69, 9.17) is 12.2 Å². The van der Waals surface area contributed by atoms with Gasteiger partial charge >= 0.3 is 0 Å². The van der Waals surface area contributed by atoms with E-state index < -0.39 is 0 Å². The number of thiazole rings is 1. The summed E-state index contributed by atoms with van der Waals surface area (Å²) in [5.74, 6) is 0. The van der Waals surface area contributed by atoms with Crippen LogP contribution in [0, 0.1) is 0 Å². The molecule has 1 aliphatic carbocycles. The number of fused-ring (bicyclic) bond motifs is 1. The first-order valence-corrected chi connectivity index (χ1v) is 7.97. The third-order valence-corrected chi connectivity index (χ3v) is 4.63. The molecule has 1 aromatic heterocycles. The van der Waals surface area contributed by atoms with Gasteiger partial charge in [-0.3, -0.25) is 0 Å². The number of para-hydroxylation sites is 1. The van der Waals surface area contributed by atoms with Gasteiger partial charge in [0.1, 0.15) is 0 Å². The van der Waals surface area contributed by atoms with Crippen LogP contribution in [0.4, 0.5) is 5.13 Å². The topological polar surface area (TPSA) is 37.0 Å². The minimum absolute atomic E-state index is 0.531. The van der Waals surface area contributed by atoms with Crippen molar-refractivity contribution >= 4 is 44.0 Å². The van der Waals surface area contributed by atoms with Crippen molar-refractivity contribution in [3.05, 3.63) is 24.3 Å². The van der Waals surface area contributed by atoms with E-state index in [1.54, 1.807) is 11.3 Å². The van der Waals surface area contributed by atoms with Gasteiger partial charge in [-0.15, -0.1) is 0 Å². The van der Waals surface area contributed by atoms with Crippen LogP contribution in [0.2, 0.25) is 0 Å². The molecular weight excluding hydrogens is 274 g/mol. The molecule has 100 valence electrons. The summed E-state index contributed by atoms with van der Waals surface area (Å²) in [5.41, 5.74) is 1.02. The number of thiocarbonyl (C=S) groups is 1. The average molecular weight is 291 g/mol. The van der Waals surface area contributed by atoms with Gasteiger partial charge in [0, 0.05) is 6.04 Å². The largest absolute Gasteiger partial charge is 0.360 e. The monoisotopic (exact) mass is 291 g/mol. The molecule has 0 radical (unpaired) electrons. The molecule has 1 saturated carbocycles. The third kappa shape index (κ3) is 3.22. The van der Waals surface area contributed by atoms with Crippen LogP contribution in [0.25, 0.3) is 10.2 Å². The number of hydrogen-bond acceptors (Lipinski definition) is 3. The molecule has 1 aliphatic rings. The summed E-state index contributed by atoms with van der Waals surface area (Å²) < 4.78 is 1.19. The van der Waals surface area contributed by atoms with Crippen molar-refractivity contribution in [2.45, 2.75) is 38.1 Å². The Hall–Kier alpha value is -1.20. The van der Waals surface area contributed by atoms with E-state index >= 15 is 0 Å². The number of aromatic nitrogens is 1. The van der Waals surface area contributed by atoms with E-state index in [0.717, 1.165) is 10.6 Å². The van der Waals surface area contributed by atoms with E-state index in [-0.39, 0.29) is 0 Å². The SMILES string of the molecule is S=C(Nc1nc2ccccc2s1)NC1CCCCC1. The average Bonchev–Trinajstić information content (AvgIpc) is 2.81.